The van der Waals surface area contributed by atoms with Crippen molar-refractivity contribution < 1.29 is 19.1 Å². The second kappa shape index (κ2) is 9.16. The van der Waals surface area contributed by atoms with Gasteiger partial charge in [0.25, 0.3) is 5.91 Å². The molecule has 1 N–H and O–H groups in total. The van der Waals surface area contributed by atoms with Crippen molar-refractivity contribution in [1.29, 1.82) is 0 Å². The minimum atomic E-state index is -0.291. The molecule has 9 nitrogen and oxygen atoms in total. The van der Waals surface area contributed by atoms with Crippen LogP contribution in [-0.4, -0.2) is 95.6 Å². The molecule has 2 atom stereocenters. The van der Waals surface area contributed by atoms with Crippen LogP contribution in [0.25, 0.3) is 0 Å². The minimum Gasteiger partial charge on any atom is -0.383 e. The fraction of sp³-hybridized carbons (Fsp3) is 0.714. The fourth-order valence-corrected chi connectivity index (χ4v) is 4.89. The third-order valence-electron chi connectivity index (χ3n) is 6.56. The lowest BCUT2D eigenvalue weighted by Gasteiger charge is -2.34. The van der Waals surface area contributed by atoms with Gasteiger partial charge in [-0.05, 0) is 25.7 Å². The highest BCUT2D eigenvalue weighted by molar-refractivity contribution is 5.95. The molecule has 0 radical (unpaired) electrons. The average molecular weight is 418 g/mol. The number of aromatic nitrogens is 2. The van der Waals surface area contributed by atoms with E-state index in [2.05, 4.69) is 10.2 Å². The van der Waals surface area contributed by atoms with Crippen molar-refractivity contribution >= 4 is 17.7 Å². The maximum Gasteiger partial charge on any atom is 0.257 e. The summed E-state index contributed by atoms with van der Waals surface area (Å²) < 4.78 is 5.06. The van der Waals surface area contributed by atoms with E-state index in [0.29, 0.717) is 38.3 Å². The second-order valence-corrected chi connectivity index (χ2v) is 8.55. The zero-order valence-electron chi connectivity index (χ0n) is 17.6. The van der Waals surface area contributed by atoms with E-state index in [9.17, 15) is 14.4 Å². The van der Waals surface area contributed by atoms with Gasteiger partial charge in [-0.1, -0.05) is 0 Å². The molecular weight excluding hydrogens is 386 g/mol. The predicted octanol–water partition coefficient (Wildman–Crippen LogP) is 0.847. The summed E-state index contributed by atoms with van der Waals surface area (Å²) in [6.45, 7) is 4.32. The molecule has 9 heteroatoms. The van der Waals surface area contributed by atoms with Gasteiger partial charge in [0.15, 0.2) is 0 Å². The minimum absolute atomic E-state index is 0.0195. The Kier molecular flexibility index (Phi) is 6.36. The molecule has 3 aliphatic rings. The number of nitrogens with one attached hydrogen (secondary N) is 1. The summed E-state index contributed by atoms with van der Waals surface area (Å²) >= 11 is 0. The number of carbonyl (C=O) groups excluding carboxylic acids is 3. The van der Waals surface area contributed by atoms with Gasteiger partial charge >= 0.3 is 0 Å². The molecule has 1 aromatic heterocycles. The Hall–Kier alpha value is -2.42. The number of piperidine rings is 1. The number of methoxy groups -OCH3 is 1. The average Bonchev–Trinajstić information content (AvgIpc) is 3.52. The first-order valence-corrected chi connectivity index (χ1v) is 11.0. The van der Waals surface area contributed by atoms with E-state index in [1.54, 1.807) is 18.2 Å². The SMILES string of the molecule is COCCN1C[C@H](C(=O)N2CCC[C@@H](c3[nH]ncc3C(=O)N3CCCC3)C2)CC1=O. The summed E-state index contributed by atoms with van der Waals surface area (Å²) in [6, 6.07) is 0. The molecule has 3 fully saturated rings. The Morgan fingerprint density at radius 1 is 1.17 bits per heavy atom. The van der Waals surface area contributed by atoms with Crippen molar-refractivity contribution in [2.24, 2.45) is 5.92 Å². The van der Waals surface area contributed by atoms with Crippen LogP contribution in [0.4, 0.5) is 0 Å². The summed E-state index contributed by atoms with van der Waals surface area (Å²) in [5.41, 5.74) is 1.48. The van der Waals surface area contributed by atoms with Crippen molar-refractivity contribution in [3.63, 3.8) is 0 Å². The molecule has 30 heavy (non-hydrogen) atoms. The predicted molar refractivity (Wildman–Crippen MR) is 109 cm³/mol. The van der Waals surface area contributed by atoms with Crippen LogP contribution in [0.5, 0.6) is 0 Å². The summed E-state index contributed by atoms with van der Waals surface area (Å²) in [5.74, 6) is -0.130. The van der Waals surface area contributed by atoms with Gasteiger partial charge in [0, 0.05) is 58.7 Å². The van der Waals surface area contributed by atoms with Crippen molar-refractivity contribution in [2.75, 3.05) is 53.0 Å². The van der Waals surface area contributed by atoms with Crippen molar-refractivity contribution in [1.82, 2.24) is 24.9 Å². The van der Waals surface area contributed by atoms with E-state index in [1.807, 2.05) is 9.80 Å². The van der Waals surface area contributed by atoms with Gasteiger partial charge in [-0.3, -0.25) is 19.5 Å². The Morgan fingerprint density at radius 3 is 2.70 bits per heavy atom. The van der Waals surface area contributed by atoms with Gasteiger partial charge in [-0.2, -0.15) is 5.10 Å². The molecule has 0 unspecified atom stereocenters. The van der Waals surface area contributed by atoms with Gasteiger partial charge in [0.1, 0.15) is 0 Å². The normalized spacial score (nSPS) is 24.7. The van der Waals surface area contributed by atoms with E-state index in [-0.39, 0.29) is 36.0 Å². The Labute approximate surface area is 176 Å². The van der Waals surface area contributed by atoms with Crippen LogP contribution >= 0.6 is 0 Å². The van der Waals surface area contributed by atoms with Crippen LogP contribution in [0.15, 0.2) is 6.20 Å². The molecule has 0 spiro atoms. The number of amides is 3. The number of H-pyrrole nitrogens is 1. The number of likely N-dealkylation sites (tertiary alicyclic amines) is 3. The smallest absolute Gasteiger partial charge is 0.257 e. The standard InChI is InChI=1S/C21H31N5O4/c1-30-10-9-25-14-16(11-18(25)27)20(28)26-8-4-5-15(13-26)19-17(12-22-23-19)21(29)24-6-2-3-7-24/h12,15-16H,2-11,13-14H2,1H3,(H,22,23)/t15-,16-/m1/s1. The van der Waals surface area contributed by atoms with Gasteiger partial charge in [0.05, 0.1) is 30.0 Å². The molecule has 3 saturated heterocycles. The first-order chi connectivity index (χ1) is 14.6. The molecule has 4 heterocycles. The zero-order chi connectivity index (χ0) is 21.1. The van der Waals surface area contributed by atoms with E-state index >= 15 is 0 Å². The first kappa shape index (κ1) is 20.8. The number of rotatable bonds is 6. The van der Waals surface area contributed by atoms with Crippen molar-refractivity contribution in [2.45, 2.75) is 38.0 Å². The maximum atomic E-state index is 13.1. The summed E-state index contributed by atoms with van der Waals surface area (Å²) in [7, 11) is 1.61. The number of hydrogen-bond donors (Lipinski definition) is 1. The van der Waals surface area contributed by atoms with Crippen molar-refractivity contribution in [3.05, 3.63) is 17.5 Å². The van der Waals surface area contributed by atoms with Crippen molar-refractivity contribution in [3.8, 4) is 0 Å². The monoisotopic (exact) mass is 417 g/mol. The molecule has 3 amide bonds. The summed E-state index contributed by atoms with van der Waals surface area (Å²) in [5, 5.41) is 7.18. The molecule has 0 bridgehead atoms. The molecule has 1 aromatic rings. The third kappa shape index (κ3) is 4.21. The zero-order valence-corrected chi connectivity index (χ0v) is 17.6. The number of hydrogen-bond acceptors (Lipinski definition) is 5. The topological polar surface area (TPSA) is 98.8 Å². The van der Waals surface area contributed by atoms with Crippen LogP contribution in [0, 0.1) is 5.92 Å². The molecule has 0 aromatic carbocycles. The lowest BCUT2D eigenvalue weighted by Crippen LogP contribution is -2.43. The van der Waals surface area contributed by atoms with E-state index in [1.165, 1.54) is 0 Å². The number of ether oxygens (including phenoxy) is 1. The Bertz CT molecular complexity index is 788. The van der Waals surface area contributed by atoms with Gasteiger partial charge in [0.2, 0.25) is 11.8 Å². The lowest BCUT2D eigenvalue weighted by atomic mass is 9.91. The number of carbonyl (C=O) groups is 3. The summed E-state index contributed by atoms with van der Waals surface area (Å²) in [4.78, 5) is 43.7. The fourth-order valence-electron chi connectivity index (χ4n) is 4.89. The molecule has 0 saturated carbocycles. The quantitative estimate of drug-likeness (QED) is 0.740. The van der Waals surface area contributed by atoms with E-state index in [0.717, 1.165) is 44.5 Å². The highest BCUT2D eigenvalue weighted by Gasteiger charge is 2.38. The lowest BCUT2D eigenvalue weighted by molar-refractivity contribution is -0.137. The number of aromatic amines is 1. The largest absolute Gasteiger partial charge is 0.383 e. The van der Waals surface area contributed by atoms with Crippen LogP contribution in [0.2, 0.25) is 0 Å². The van der Waals surface area contributed by atoms with E-state index < -0.39 is 0 Å². The van der Waals surface area contributed by atoms with Crippen LogP contribution < -0.4 is 0 Å². The van der Waals surface area contributed by atoms with Gasteiger partial charge in [-0.25, -0.2) is 0 Å². The Balaban J connectivity index is 1.41. The van der Waals surface area contributed by atoms with Crippen LogP contribution in [0.1, 0.15) is 54.1 Å². The van der Waals surface area contributed by atoms with E-state index in [4.69, 9.17) is 4.74 Å². The molecular formula is C21H31N5O4. The molecule has 0 aliphatic carbocycles. The third-order valence-corrected chi connectivity index (χ3v) is 6.56. The van der Waals surface area contributed by atoms with Crippen LogP contribution in [0.3, 0.4) is 0 Å². The van der Waals surface area contributed by atoms with Gasteiger partial charge in [-0.15, -0.1) is 0 Å². The molecule has 4 rings (SSSR count). The molecule has 3 aliphatic heterocycles. The first-order valence-electron chi connectivity index (χ1n) is 11.0. The maximum absolute atomic E-state index is 13.1. The number of nitrogens with zero attached hydrogens (tertiary/aromatic N) is 4. The van der Waals surface area contributed by atoms with Gasteiger partial charge < -0.3 is 19.4 Å². The molecule has 164 valence electrons. The van der Waals surface area contributed by atoms with Crippen LogP contribution in [-0.2, 0) is 14.3 Å². The highest BCUT2D eigenvalue weighted by Crippen LogP contribution is 2.31. The Morgan fingerprint density at radius 2 is 1.93 bits per heavy atom. The second-order valence-electron chi connectivity index (χ2n) is 8.55. The summed E-state index contributed by atoms with van der Waals surface area (Å²) in [6.07, 6.45) is 5.78. The highest BCUT2D eigenvalue weighted by atomic mass is 16.5.